The zero-order chi connectivity index (χ0) is 11.4. The molecule has 1 N–H and O–H groups in total. The third kappa shape index (κ3) is 2.65. The molecule has 1 atom stereocenters. The molecule has 0 saturated heterocycles. The molecule has 0 aliphatic rings. The van der Waals surface area contributed by atoms with Crippen molar-refractivity contribution in [3.05, 3.63) is 52.2 Å². The molecule has 16 heavy (non-hydrogen) atoms. The van der Waals surface area contributed by atoms with E-state index in [9.17, 15) is 9.50 Å². The van der Waals surface area contributed by atoms with Gasteiger partial charge in [0, 0.05) is 23.9 Å². The summed E-state index contributed by atoms with van der Waals surface area (Å²) in [4.78, 5) is 4.17. The lowest BCUT2D eigenvalue weighted by atomic mass is 9.97. The Morgan fingerprint density at radius 2 is 2.31 bits per heavy atom. The van der Waals surface area contributed by atoms with E-state index in [1.165, 1.54) is 12.1 Å². The van der Waals surface area contributed by atoms with Crippen LogP contribution in [0.3, 0.4) is 0 Å². The van der Waals surface area contributed by atoms with Crippen molar-refractivity contribution < 1.29 is 9.50 Å². The molecule has 0 fully saturated rings. The van der Waals surface area contributed by atoms with E-state index in [0.29, 0.717) is 6.42 Å². The average Bonchev–Trinajstić information content (AvgIpc) is 2.78. The Labute approximate surface area is 97.4 Å². The van der Waals surface area contributed by atoms with Gasteiger partial charge < -0.3 is 5.11 Å². The van der Waals surface area contributed by atoms with Gasteiger partial charge >= 0.3 is 0 Å². The van der Waals surface area contributed by atoms with Crippen molar-refractivity contribution >= 4 is 11.3 Å². The highest BCUT2D eigenvalue weighted by atomic mass is 32.1. The summed E-state index contributed by atoms with van der Waals surface area (Å²) in [5.74, 6) is -0.350. The average molecular weight is 237 g/mol. The van der Waals surface area contributed by atoms with Gasteiger partial charge in [0.2, 0.25) is 0 Å². The summed E-state index contributed by atoms with van der Waals surface area (Å²) < 4.78 is 13.0. The van der Waals surface area contributed by atoms with Crippen molar-refractivity contribution in [1.82, 2.24) is 4.98 Å². The fraction of sp³-hybridized carbons (Fsp3) is 0.250. The van der Waals surface area contributed by atoms with E-state index in [1.807, 2.05) is 11.4 Å². The number of halogens is 1. The molecule has 84 valence electrons. The topological polar surface area (TPSA) is 33.1 Å². The Hall–Kier alpha value is -1.26. The monoisotopic (exact) mass is 237 g/mol. The lowest BCUT2D eigenvalue weighted by Gasteiger charge is -2.12. The number of nitrogens with zero attached hydrogens (tertiary/aromatic N) is 1. The maximum atomic E-state index is 13.0. The van der Waals surface area contributed by atoms with Crippen LogP contribution in [-0.2, 0) is 6.42 Å². The molecule has 2 aromatic rings. The standard InChI is InChI=1S/C12H12FNOS/c13-11-3-1-2-9(6-11)10(8-15)7-12-14-4-5-16-12/h1-6,10,15H,7-8H2. The molecular weight excluding hydrogens is 225 g/mol. The molecule has 0 spiro atoms. The molecule has 0 aliphatic heterocycles. The number of hydrogen-bond donors (Lipinski definition) is 1. The van der Waals surface area contributed by atoms with Gasteiger partial charge in [-0.15, -0.1) is 11.3 Å². The van der Waals surface area contributed by atoms with Crippen LogP contribution < -0.4 is 0 Å². The largest absolute Gasteiger partial charge is 0.396 e. The van der Waals surface area contributed by atoms with Crippen LogP contribution in [-0.4, -0.2) is 16.7 Å². The van der Waals surface area contributed by atoms with Crippen molar-refractivity contribution in [3.8, 4) is 0 Å². The molecule has 1 heterocycles. The van der Waals surface area contributed by atoms with Gasteiger partial charge in [0.1, 0.15) is 5.82 Å². The lowest BCUT2D eigenvalue weighted by Crippen LogP contribution is -2.07. The third-order valence-corrected chi connectivity index (χ3v) is 3.25. The minimum absolute atomic E-state index is 0.00301. The van der Waals surface area contributed by atoms with Crippen LogP contribution >= 0.6 is 11.3 Å². The highest BCUT2D eigenvalue weighted by Crippen LogP contribution is 2.22. The van der Waals surface area contributed by atoms with Gasteiger partial charge in [0.15, 0.2) is 0 Å². The number of thiazole rings is 1. The van der Waals surface area contributed by atoms with Crippen LogP contribution in [0.5, 0.6) is 0 Å². The van der Waals surface area contributed by atoms with Gasteiger partial charge in [0.05, 0.1) is 11.6 Å². The summed E-state index contributed by atoms with van der Waals surface area (Å²) >= 11 is 1.55. The normalized spacial score (nSPS) is 12.6. The van der Waals surface area contributed by atoms with E-state index in [0.717, 1.165) is 10.6 Å². The van der Waals surface area contributed by atoms with Crippen LogP contribution in [0.1, 0.15) is 16.5 Å². The molecule has 0 aliphatic carbocycles. The predicted octanol–water partition coefficient (Wildman–Crippen LogP) is 2.60. The summed E-state index contributed by atoms with van der Waals surface area (Å²) in [5, 5.41) is 12.2. The second-order valence-electron chi connectivity index (χ2n) is 3.56. The summed E-state index contributed by atoms with van der Waals surface area (Å²) in [7, 11) is 0. The van der Waals surface area contributed by atoms with Gasteiger partial charge in [-0.3, -0.25) is 0 Å². The van der Waals surface area contributed by atoms with E-state index in [1.54, 1.807) is 23.6 Å². The highest BCUT2D eigenvalue weighted by molar-refractivity contribution is 7.09. The zero-order valence-electron chi connectivity index (χ0n) is 8.64. The van der Waals surface area contributed by atoms with Gasteiger partial charge in [0.25, 0.3) is 0 Å². The minimum atomic E-state index is -0.268. The molecular formula is C12H12FNOS. The van der Waals surface area contributed by atoms with Crippen molar-refractivity contribution in [3.63, 3.8) is 0 Å². The first-order chi connectivity index (χ1) is 7.79. The summed E-state index contributed by atoms with van der Waals surface area (Å²) in [6, 6.07) is 6.36. The molecule has 1 aromatic heterocycles. The van der Waals surface area contributed by atoms with E-state index in [4.69, 9.17) is 0 Å². The van der Waals surface area contributed by atoms with E-state index >= 15 is 0 Å². The first-order valence-electron chi connectivity index (χ1n) is 5.04. The Morgan fingerprint density at radius 1 is 1.44 bits per heavy atom. The first kappa shape index (κ1) is 11.2. The Bertz CT molecular complexity index is 444. The van der Waals surface area contributed by atoms with E-state index in [2.05, 4.69) is 4.98 Å². The van der Waals surface area contributed by atoms with Gasteiger partial charge in [-0.1, -0.05) is 12.1 Å². The zero-order valence-corrected chi connectivity index (χ0v) is 9.45. The van der Waals surface area contributed by atoms with Crippen LogP contribution in [0.25, 0.3) is 0 Å². The van der Waals surface area contributed by atoms with Crippen molar-refractivity contribution in [2.75, 3.05) is 6.61 Å². The number of aromatic nitrogens is 1. The fourth-order valence-electron chi connectivity index (χ4n) is 1.61. The molecule has 1 aromatic carbocycles. The smallest absolute Gasteiger partial charge is 0.123 e. The molecule has 0 radical (unpaired) electrons. The van der Waals surface area contributed by atoms with Crippen molar-refractivity contribution in [2.24, 2.45) is 0 Å². The maximum absolute atomic E-state index is 13.0. The summed E-state index contributed by atoms with van der Waals surface area (Å²) in [5.41, 5.74) is 0.817. The Kier molecular flexibility index (Phi) is 3.64. The summed E-state index contributed by atoms with van der Waals surface area (Å²) in [6.45, 7) is 0.00301. The van der Waals surface area contributed by atoms with E-state index in [-0.39, 0.29) is 18.3 Å². The molecule has 2 nitrogen and oxygen atoms in total. The number of hydrogen-bond acceptors (Lipinski definition) is 3. The number of rotatable bonds is 4. The molecule has 0 bridgehead atoms. The van der Waals surface area contributed by atoms with Crippen molar-refractivity contribution in [2.45, 2.75) is 12.3 Å². The number of aliphatic hydroxyl groups excluding tert-OH is 1. The Balaban J connectivity index is 2.16. The molecule has 0 amide bonds. The van der Waals surface area contributed by atoms with E-state index < -0.39 is 0 Å². The predicted molar refractivity (Wildman–Crippen MR) is 62.0 cm³/mol. The van der Waals surface area contributed by atoms with Crippen LogP contribution in [0.4, 0.5) is 4.39 Å². The lowest BCUT2D eigenvalue weighted by molar-refractivity contribution is 0.264. The second-order valence-corrected chi connectivity index (χ2v) is 4.54. The van der Waals surface area contributed by atoms with Gasteiger partial charge in [-0.25, -0.2) is 9.37 Å². The fourth-order valence-corrected chi connectivity index (χ4v) is 2.31. The Morgan fingerprint density at radius 3 is 2.94 bits per heavy atom. The highest BCUT2D eigenvalue weighted by Gasteiger charge is 2.13. The quantitative estimate of drug-likeness (QED) is 0.886. The minimum Gasteiger partial charge on any atom is -0.396 e. The molecule has 0 saturated carbocycles. The first-order valence-corrected chi connectivity index (χ1v) is 5.92. The van der Waals surface area contributed by atoms with Crippen LogP contribution in [0.15, 0.2) is 35.8 Å². The van der Waals surface area contributed by atoms with Crippen LogP contribution in [0, 0.1) is 5.82 Å². The van der Waals surface area contributed by atoms with Gasteiger partial charge in [-0.05, 0) is 17.7 Å². The number of aliphatic hydroxyl groups is 1. The molecule has 4 heteroatoms. The maximum Gasteiger partial charge on any atom is 0.123 e. The van der Waals surface area contributed by atoms with Gasteiger partial charge in [-0.2, -0.15) is 0 Å². The summed E-state index contributed by atoms with van der Waals surface area (Å²) in [6.07, 6.45) is 2.39. The SMILES string of the molecule is OCC(Cc1nccs1)c1cccc(F)c1. The van der Waals surface area contributed by atoms with Crippen LogP contribution in [0.2, 0.25) is 0 Å². The third-order valence-electron chi connectivity index (χ3n) is 2.44. The number of benzene rings is 1. The second kappa shape index (κ2) is 5.18. The molecule has 1 unspecified atom stereocenters. The molecule has 2 rings (SSSR count). The van der Waals surface area contributed by atoms with Crippen molar-refractivity contribution in [1.29, 1.82) is 0 Å².